The lowest BCUT2D eigenvalue weighted by Crippen LogP contribution is -2.17. The number of aliphatic hydroxyl groups excluding tert-OH is 1. The number of nitrogens with zero attached hydrogens (tertiary/aromatic N) is 5. The molecule has 0 saturated heterocycles. The van der Waals surface area contributed by atoms with Crippen LogP contribution in [-0.2, 0) is 0 Å². The summed E-state index contributed by atoms with van der Waals surface area (Å²) in [5, 5.41) is 19.0. The first kappa shape index (κ1) is 18.9. The molecule has 3 heterocycles. The summed E-state index contributed by atoms with van der Waals surface area (Å²) in [5.41, 5.74) is 1.78. The summed E-state index contributed by atoms with van der Waals surface area (Å²) in [6.07, 6.45) is -2.77. The molecule has 0 amide bonds. The Morgan fingerprint density at radius 3 is 2.79 bits per heavy atom. The second-order valence-electron chi connectivity index (χ2n) is 6.21. The molecule has 0 unspecified atom stereocenters. The maximum Gasteiger partial charge on any atom is 0.573 e. The highest BCUT2D eigenvalue weighted by Crippen LogP contribution is 2.30. The number of H-pyrrole nitrogens is 1. The van der Waals surface area contributed by atoms with Crippen LogP contribution >= 0.6 is 0 Å². The first-order valence-corrected chi connectivity index (χ1v) is 8.67. The van der Waals surface area contributed by atoms with E-state index in [9.17, 15) is 13.2 Å². The minimum Gasteiger partial charge on any atom is -0.406 e. The molecule has 0 aliphatic rings. The number of aliphatic hydroxyl groups is 1. The van der Waals surface area contributed by atoms with Crippen LogP contribution in [-0.4, -0.2) is 54.2 Å². The second kappa shape index (κ2) is 7.20. The van der Waals surface area contributed by atoms with Gasteiger partial charge in [0.2, 0.25) is 0 Å². The van der Waals surface area contributed by atoms with Crippen molar-refractivity contribution >= 4 is 22.5 Å². The lowest BCUT2D eigenvalue weighted by molar-refractivity contribution is -0.274. The van der Waals surface area contributed by atoms with E-state index in [0.717, 1.165) is 0 Å². The third kappa shape index (κ3) is 3.78. The largest absolute Gasteiger partial charge is 0.573 e. The minimum absolute atomic E-state index is 0.0173. The van der Waals surface area contributed by atoms with Gasteiger partial charge in [0, 0.05) is 19.2 Å². The zero-order chi connectivity index (χ0) is 20.6. The Labute approximate surface area is 161 Å². The molecule has 4 aromatic rings. The Balaban J connectivity index is 1.91. The van der Waals surface area contributed by atoms with Crippen LogP contribution in [0.25, 0.3) is 28.2 Å². The van der Waals surface area contributed by atoms with Crippen molar-refractivity contribution in [1.29, 1.82) is 0 Å². The van der Waals surface area contributed by atoms with Crippen molar-refractivity contribution in [2.24, 2.45) is 0 Å². The number of fused-ring (bicyclic) bond motifs is 3. The van der Waals surface area contributed by atoms with Gasteiger partial charge < -0.3 is 15.2 Å². The summed E-state index contributed by atoms with van der Waals surface area (Å²) in [6, 6.07) is 3.88. The summed E-state index contributed by atoms with van der Waals surface area (Å²) in [6.45, 7) is 2.14. The van der Waals surface area contributed by atoms with E-state index in [4.69, 9.17) is 5.11 Å². The van der Waals surface area contributed by atoms with Crippen LogP contribution in [0, 0.1) is 6.92 Å². The van der Waals surface area contributed by atoms with E-state index in [1.54, 1.807) is 17.5 Å². The van der Waals surface area contributed by atoms with Gasteiger partial charge in [0.05, 0.1) is 17.2 Å². The molecule has 0 saturated carbocycles. The quantitative estimate of drug-likeness (QED) is 0.421. The number of hydrogen-bond acceptors (Lipinski definition) is 7. The van der Waals surface area contributed by atoms with Crippen molar-refractivity contribution in [2.45, 2.75) is 19.7 Å². The predicted octanol–water partition coefficient (Wildman–Crippen LogP) is 2.67. The summed E-state index contributed by atoms with van der Waals surface area (Å²) in [4.78, 5) is 13.1. The number of halogens is 3. The Hall–Kier alpha value is -3.41. The van der Waals surface area contributed by atoms with E-state index in [1.807, 2.05) is 0 Å². The molecule has 3 aromatic heterocycles. The number of aryl methyl sites for hydroxylation is 1. The normalized spacial score (nSPS) is 12.0. The highest BCUT2D eigenvalue weighted by Gasteiger charge is 2.31. The number of aromatic nitrogens is 6. The summed E-state index contributed by atoms with van der Waals surface area (Å²) >= 11 is 0. The molecular formula is C17H16F3N7O2. The fourth-order valence-corrected chi connectivity index (χ4v) is 2.93. The molecule has 3 N–H and O–H groups in total. The van der Waals surface area contributed by atoms with Crippen LogP contribution in [0.15, 0.2) is 24.4 Å². The topological polar surface area (TPSA) is 113 Å². The fourth-order valence-electron chi connectivity index (χ4n) is 2.93. The third-order valence-electron chi connectivity index (χ3n) is 4.08. The number of anilines is 1. The van der Waals surface area contributed by atoms with Crippen molar-refractivity contribution in [3.8, 4) is 17.3 Å². The molecule has 12 heteroatoms. The van der Waals surface area contributed by atoms with Crippen molar-refractivity contribution in [3.63, 3.8) is 0 Å². The third-order valence-corrected chi connectivity index (χ3v) is 4.08. The average Bonchev–Trinajstić information content (AvgIpc) is 3.27. The van der Waals surface area contributed by atoms with E-state index < -0.39 is 6.36 Å². The number of imidazole rings is 1. The van der Waals surface area contributed by atoms with Crippen LogP contribution in [0.4, 0.5) is 19.0 Å². The molecule has 29 heavy (non-hydrogen) atoms. The molecule has 0 aliphatic heterocycles. The Kier molecular flexibility index (Phi) is 4.70. The van der Waals surface area contributed by atoms with Gasteiger partial charge in [0.25, 0.3) is 0 Å². The Morgan fingerprint density at radius 1 is 1.28 bits per heavy atom. The van der Waals surface area contributed by atoms with Crippen LogP contribution < -0.4 is 10.1 Å². The molecule has 152 valence electrons. The first-order chi connectivity index (χ1) is 13.9. The molecule has 0 fully saturated rings. The van der Waals surface area contributed by atoms with Crippen molar-refractivity contribution in [2.75, 3.05) is 18.5 Å². The number of alkyl halides is 3. The molecule has 9 nitrogen and oxygen atoms in total. The number of hydrogen-bond donors (Lipinski definition) is 3. The minimum atomic E-state index is -4.81. The van der Waals surface area contributed by atoms with Gasteiger partial charge in [0.15, 0.2) is 17.3 Å². The molecule has 0 radical (unpaired) electrons. The molecule has 1 aromatic carbocycles. The summed E-state index contributed by atoms with van der Waals surface area (Å²) in [5.74, 6) is 0.970. The van der Waals surface area contributed by atoms with E-state index in [2.05, 4.69) is 35.2 Å². The summed E-state index contributed by atoms with van der Waals surface area (Å²) < 4.78 is 43.5. The van der Waals surface area contributed by atoms with Gasteiger partial charge in [-0.3, -0.25) is 9.50 Å². The number of ether oxygens (including phenoxy) is 1. The smallest absolute Gasteiger partial charge is 0.406 e. The molecule has 0 spiro atoms. The first-order valence-electron chi connectivity index (χ1n) is 8.67. The number of nitrogens with one attached hydrogen (secondary N) is 2. The maximum atomic E-state index is 12.6. The summed E-state index contributed by atoms with van der Waals surface area (Å²) in [7, 11) is 0. The van der Waals surface area contributed by atoms with Crippen molar-refractivity contribution in [1.82, 2.24) is 29.5 Å². The zero-order valence-corrected chi connectivity index (χ0v) is 15.2. The van der Waals surface area contributed by atoms with Crippen LogP contribution in [0.2, 0.25) is 0 Å². The fraction of sp³-hybridized carbons (Fsp3) is 0.294. The standard InChI is InChI=1S/C17H16F3N7O2/c1-9-23-14(26-25-9)13-8-22-16-15(21-5-2-6-28)24-11-7-10(29-17(18,19)20)3-4-12(11)27(13)16/h3-4,7-8,28H,2,5-6H2,1H3,(H,21,24)(H,23,25,26). The van der Waals surface area contributed by atoms with Gasteiger partial charge in [-0.1, -0.05) is 0 Å². The SMILES string of the molecule is Cc1nc(-c2cnc3c(NCCCO)nc4cc(OC(F)(F)F)ccc4n23)n[nH]1. The molecule has 0 bridgehead atoms. The van der Waals surface area contributed by atoms with Crippen LogP contribution in [0.1, 0.15) is 12.2 Å². The highest BCUT2D eigenvalue weighted by molar-refractivity contribution is 5.86. The van der Waals surface area contributed by atoms with Gasteiger partial charge in [0.1, 0.15) is 17.3 Å². The lowest BCUT2D eigenvalue weighted by Gasteiger charge is -2.13. The second-order valence-corrected chi connectivity index (χ2v) is 6.21. The van der Waals surface area contributed by atoms with Crippen molar-refractivity contribution in [3.05, 3.63) is 30.2 Å². The van der Waals surface area contributed by atoms with E-state index in [0.29, 0.717) is 47.3 Å². The Morgan fingerprint density at radius 2 is 2.10 bits per heavy atom. The number of aromatic amines is 1. The Bertz CT molecular complexity index is 1170. The lowest BCUT2D eigenvalue weighted by atomic mass is 10.2. The number of benzene rings is 1. The molecule has 0 atom stereocenters. The predicted molar refractivity (Wildman–Crippen MR) is 97.5 cm³/mol. The monoisotopic (exact) mass is 407 g/mol. The molecule has 0 aliphatic carbocycles. The van der Waals surface area contributed by atoms with Crippen molar-refractivity contribution < 1.29 is 23.0 Å². The molecular weight excluding hydrogens is 391 g/mol. The van der Waals surface area contributed by atoms with Gasteiger partial charge in [-0.05, 0) is 25.5 Å². The van der Waals surface area contributed by atoms with Crippen LogP contribution in [0.5, 0.6) is 5.75 Å². The van der Waals surface area contributed by atoms with Crippen LogP contribution in [0.3, 0.4) is 0 Å². The van der Waals surface area contributed by atoms with Gasteiger partial charge in [-0.2, -0.15) is 5.10 Å². The molecule has 4 rings (SSSR count). The van der Waals surface area contributed by atoms with Gasteiger partial charge in [-0.15, -0.1) is 13.2 Å². The zero-order valence-electron chi connectivity index (χ0n) is 15.2. The maximum absolute atomic E-state index is 12.6. The van der Waals surface area contributed by atoms with E-state index in [1.165, 1.54) is 18.2 Å². The van der Waals surface area contributed by atoms with E-state index in [-0.39, 0.29) is 17.9 Å². The van der Waals surface area contributed by atoms with Gasteiger partial charge >= 0.3 is 6.36 Å². The average molecular weight is 407 g/mol. The van der Waals surface area contributed by atoms with E-state index >= 15 is 0 Å². The highest BCUT2D eigenvalue weighted by atomic mass is 19.4. The number of rotatable bonds is 6. The van der Waals surface area contributed by atoms with Gasteiger partial charge in [-0.25, -0.2) is 15.0 Å².